The van der Waals surface area contributed by atoms with Gasteiger partial charge < -0.3 is 19.9 Å². The first-order valence-corrected chi connectivity index (χ1v) is 6.72. The van der Waals surface area contributed by atoms with Crippen LogP contribution in [0.4, 0.5) is 0 Å². The Morgan fingerprint density at radius 3 is 2.32 bits per heavy atom. The lowest BCUT2D eigenvalue weighted by molar-refractivity contribution is 0.0672. The highest BCUT2D eigenvalue weighted by Crippen LogP contribution is 2.19. The highest BCUT2D eigenvalue weighted by atomic mass is 16.5. The van der Waals surface area contributed by atoms with Crippen LogP contribution < -0.4 is 10.5 Å². The first-order chi connectivity index (χ1) is 9.13. The maximum absolute atomic E-state index is 6.11. The molecule has 1 aromatic carbocycles. The molecule has 1 atom stereocenters. The number of hydrogen-bond acceptors (Lipinski definition) is 4. The zero-order valence-electron chi connectivity index (χ0n) is 12.1. The van der Waals surface area contributed by atoms with Gasteiger partial charge in [-0.2, -0.15) is 0 Å². The molecule has 0 amide bonds. The number of methoxy groups -OCH3 is 1. The summed E-state index contributed by atoms with van der Waals surface area (Å²) in [6.45, 7) is 5.91. The van der Waals surface area contributed by atoms with Gasteiger partial charge in [-0.15, -0.1) is 0 Å². The first kappa shape index (κ1) is 16.0. The molecule has 0 bridgehead atoms. The van der Waals surface area contributed by atoms with Crippen molar-refractivity contribution < 1.29 is 14.2 Å². The second-order valence-electron chi connectivity index (χ2n) is 4.74. The molecular weight excluding hydrogens is 242 g/mol. The van der Waals surface area contributed by atoms with E-state index in [0.717, 1.165) is 17.7 Å². The van der Waals surface area contributed by atoms with E-state index in [1.165, 1.54) is 0 Å². The molecular formula is C15H25NO3. The molecule has 108 valence electrons. The molecule has 1 unspecified atom stereocenters. The Labute approximate surface area is 115 Å². The summed E-state index contributed by atoms with van der Waals surface area (Å²) in [6, 6.07) is 7.94. The fraction of sp³-hybridized carbons (Fsp3) is 0.600. The quantitative estimate of drug-likeness (QED) is 0.699. The van der Waals surface area contributed by atoms with Crippen molar-refractivity contribution in [3.8, 4) is 5.75 Å². The molecule has 0 aromatic heterocycles. The molecule has 0 aliphatic rings. The van der Waals surface area contributed by atoms with Crippen molar-refractivity contribution >= 4 is 0 Å². The minimum absolute atomic E-state index is 0.00403. The summed E-state index contributed by atoms with van der Waals surface area (Å²) in [5.74, 6) is 0.877. The van der Waals surface area contributed by atoms with E-state index in [9.17, 15) is 0 Å². The summed E-state index contributed by atoms with van der Waals surface area (Å²) in [7, 11) is 1.66. The zero-order chi connectivity index (χ0) is 14.1. The lowest BCUT2D eigenvalue weighted by Crippen LogP contribution is -2.14. The SMILES string of the molecule is COCCOCCC(N)c1ccc(OC(C)C)cc1. The van der Waals surface area contributed by atoms with Gasteiger partial charge >= 0.3 is 0 Å². The van der Waals surface area contributed by atoms with Crippen LogP contribution in [-0.4, -0.2) is 33.0 Å². The predicted octanol–water partition coefficient (Wildman–Crippen LogP) is 2.53. The Hall–Kier alpha value is -1.10. The summed E-state index contributed by atoms with van der Waals surface area (Å²) in [4.78, 5) is 0. The van der Waals surface area contributed by atoms with Crippen LogP contribution in [0.1, 0.15) is 31.9 Å². The molecule has 0 fully saturated rings. The zero-order valence-corrected chi connectivity index (χ0v) is 12.1. The number of ether oxygens (including phenoxy) is 3. The molecule has 0 radical (unpaired) electrons. The van der Waals surface area contributed by atoms with E-state index in [0.29, 0.717) is 19.8 Å². The first-order valence-electron chi connectivity index (χ1n) is 6.72. The fourth-order valence-corrected chi connectivity index (χ4v) is 1.69. The molecule has 0 heterocycles. The van der Waals surface area contributed by atoms with Gasteiger partial charge in [0.2, 0.25) is 0 Å². The van der Waals surface area contributed by atoms with Crippen LogP contribution in [0, 0.1) is 0 Å². The minimum atomic E-state index is -0.00403. The van der Waals surface area contributed by atoms with Crippen LogP contribution in [0.5, 0.6) is 5.75 Å². The highest BCUT2D eigenvalue weighted by molar-refractivity contribution is 5.29. The summed E-state index contributed by atoms with van der Waals surface area (Å²) in [5, 5.41) is 0. The van der Waals surface area contributed by atoms with Gasteiger partial charge in [0.05, 0.1) is 19.3 Å². The van der Waals surface area contributed by atoms with Gasteiger partial charge in [-0.05, 0) is 38.0 Å². The van der Waals surface area contributed by atoms with Crippen LogP contribution in [0.3, 0.4) is 0 Å². The fourth-order valence-electron chi connectivity index (χ4n) is 1.69. The Bertz CT molecular complexity index is 338. The van der Waals surface area contributed by atoms with Gasteiger partial charge in [0.1, 0.15) is 5.75 Å². The van der Waals surface area contributed by atoms with Gasteiger partial charge in [-0.1, -0.05) is 12.1 Å². The van der Waals surface area contributed by atoms with Gasteiger partial charge in [0.15, 0.2) is 0 Å². The third kappa shape index (κ3) is 6.57. The summed E-state index contributed by atoms with van der Waals surface area (Å²) < 4.78 is 15.9. The van der Waals surface area contributed by atoms with E-state index < -0.39 is 0 Å². The molecule has 0 saturated carbocycles. The van der Waals surface area contributed by atoms with E-state index in [2.05, 4.69) is 0 Å². The largest absolute Gasteiger partial charge is 0.491 e. The topological polar surface area (TPSA) is 53.7 Å². The molecule has 4 heteroatoms. The molecule has 0 aliphatic heterocycles. The third-order valence-corrected chi connectivity index (χ3v) is 2.69. The Morgan fingerprint density at radius 1 is 1.05 bits per heavy atom. The second-order valence-corrected chi connectivity index (χ2v) is 4.74. The molecule has 0 saturated heterocycles. The number of benzene rings is 1. The van der Waals surface area contributed by atoms with E-state index >= 15 is 0 Å². The minimum Gasteiger partial charge on any atom is -0.491 e. The van der Waals surface area contributed by atoms with Crippen LogP contribution in [-0.2, 0) is 9.47 Å². The summed E-state index contributed by atoms with van der Waals surface area (Å²) in [6.07, 6.45) is 0.988. The van der Waals surface area contributed by atoms with Crippen molar-refractivity contribution in [2.45, 2.75) is 32.4 Å². The monoisotopic (exact) mass is 267 g/mol. The molecule has 1 rings (SSSR count). The molecule has 19 heavy (non-hydrogen) atoms. The summed E-state index contributed by atoms with van der Waals surface area (Å²) >= 11 is 0. The van der Waals surface area contributed by atoms with Crippen molar-refractivity contribution in [1.29, 1.82) is 0 Å². The Morgan fingerprint density at radius 2 is 1.74 bits per heavy atom. The van der Waals surface area contributed by atoms with Gasteiger partial charge in [0.25, 0.3) is 0 Å². The maximum atomic E-state index is 6.11. The van der Waals surface area contributed by atoms with Crippen molar-refractivity contribution in [2.24, 2.45) is 5.73 Å². The highest BCUT2D eigenvalue weighted by Gasteiger charge is 2.06. The Balaban J connectivity index is 2.33. The van der Waals surface area contributed by atoms with Crippen molar-refractivity contribution in [2.75, 3.05) is 26.9 Å². The maximum Gasteiger partial charge on any atom is 0.119 e. The molecule has 0 aliphatic carbocycles. The number of rotatable bonds is 9. The smallest absolute Gasteiger partial charge is 0.119 e. The van der Waals surface area contributed by atoms with E-state index in [4.69, 9.17) is 19.9 Å². The molecule has 2 N–H and O–H groups in total. The van der Waals surface area contributed by atoms with Gasteiger partial charge in [-0.25, -0.2) is 0 Å². The Kier molecular flexibility index (Phi) is 7.48. The van der Waals surface area contributed by atoms with E-state index in [1.54, 1.807) is 7.11 Å². The number of nitrogens with two attached hydrogens (primary N) is 1. The van der Waals surface area contributed by atoms with Crippen molar-refractivity contribution in [1.82, 2.24) is 0 Å². The molecule has 0 spiro atoms. The van der Waals surface area contributed by atoms with Crippen LogP contribution in [0.25, 0.3) is 0 Å². The average Bonchev–Trinajstić information content (AvgIpc) is 2.38. The van der Waals surface area contributed by atoms with Crippen LogP contribution in [0.2, 0.25) is 0 Å². The van der Waals surface area contributed by atoms with Gasteiger partial charge in [0, 0.05) is 19.8 Å². The normalized spacial score (nSPS) is 12.7. The standard InChI is InChI=1S/C15H25NO3/c1-12(2)19-14-6-4-13(5-7-14)15(16)8-9-18-11-10-17-3/h4-7,12,15H,8-11,16H2,1-3H3. The van der Waals surface area contributed by atoms with E-state index in [1.807, 2.05) is 38.1 Å². The lowest BCUT2D eigenvalue weighted by atomic mass is 10.1. The van der Waals surface area contributed by atoms with Crippen LogP contribution >= 0.6 is 0 Å². The summed E-state index contributed by atoms with van der Waals surface area (Å²) in [5.41, 5.74) is 7.21. The van der Waals surface area contributed by atoms with Crippen LogP contribution in [0.15, 0.2) is 24.3 Å². The van der Waals surface area contributed by atoms with Crippen molar-refractivity contribution in [3.05, 3.63) is 29.8 Å². The predicted molar refractivity (Wildman–Crippen MR) is 76.4 cm³/mol. The second kappa shape index (κ2) is 8.91. The number of hydrogen-bond donors (Lipinski definition) is 1. The van der Waals surface area contributed by atoms with E-state index in [-0.39, 0.29) is 12.1 Å². The third-order valence-electron chi connectivity index (χ3n) is 2.69. The average molecular weight is 267 g/mol. The molecule has 1 aromatic rings. The van der Waals surface area contributed by atoms with Crippen molar-refractivity contribution in [3.63, 3.8) is 0 Å². The van der Waals surface area contributed by atoms with Gasteiger partial charge in [-0.3, -0.25) is 0 Å². The molecule has 4 nitrogen and oxygen atoms in total. The lowest BCUT2D eigenvalue weighted by Gasteiger charge is -2.14.